The van der Waals surface area contributed by atoms with E-state index in [1.165, 1.54) is 25.3 Å². The summed E-state index contributed by atoms with van der Waals surface area (Å²) in [5.41, 5.74) is 5.90. The number of ether oxygens (including phenoxy) is 1. The molecule has 7 nitrogen and oxygen atoms in total. The fourth-order valence-electron chi connectivity index (χ4n) is 1.68. The van der Waals surface area contributed by atoms with Crippen molar-refractivity contribution in [2.75, 3.05) is 26.8 Å². The second-order valence-corrected chi connectivity index (χ2v) is 6.71. The first-order chi connectivity index (χ1) is 10.4. The van der Waals surface area contributed by atoms with Crippen molar-refractivity contribution in [2.24, 2.45) is 5.73 Å². The maximum absolute atomic E-state index is 12.1. The summed E-state index contributed by atoms with van der Waals surface area (Å²) < 4.78 is 31.3. The van der Waals surface area contributed by atoms with Gasteiger partial charge in [-0.3, -0.25) is 4.79 Å². The number of benzene rings is 1. The third kappa shape index (κ3) is 7.76. The number of amides is 1. The molecule has 4 N–H and O–H groups in total. The van der Waals surface area contributed by atoms with Crippen LogP contribution in [-0.2, 0) is 14.8 Å². The summed E-state index contributed by atoms with van der Waals surface area (Å²) in [5.74, 6) is -0.324. The molecule has 0 spiro atoms. The fourth-order valence-corrected chi connectivity index (χ4v) is 2.74. The number of nitrogens with one attached hydrogen (secondary N) is 2. The van der Waals surface area contributed by atoms with Gasteiger partial charge >= 0.3 is 0 Å². The van der Waals surface area contributed by atoms with Gasteiger partial charge in [0.1, 0.15) is 0 Å². The molecular weight excluding hydrogens is 342 g/mol. The lowest BCUT2D eigenvalue weighted by Crippen LogP contribution is -2.30. The van der Waals surface area contributed by atoms with Gasteiger partial charge in [-0.05, 0) is 31.5 Å². The summed E-state index contributed by atoms with van der Waals surface area (Å²) in [6, 6.07) is 5.88. The molecule has 9 heteroatoms. The molecule has 1 aromatic carbocycles. The van der Waals surface area contributed by atoms with Gasteiger partial charge in [-0.1, -0.05) is 6.07 Å². The van der Waals surface area contributed by atoms with Gasteiger partial charge in [0.2, 0.25) is 10.0 Å². The van der Waals surface area contributed by atoms with Crippen LogP contribution in [0.1, 0.15) is 23.7 Å². The van der Waals surface area contributed by atoms with Crippen LogP contribution in [0, 0.1) is 0 Å². The average Bonchev–Trinajstić information content (AvgIpc) is 2.47. The second-order valence-electron chi connectivity index (χ2n) is 4.94. The smallest absolute Gasteiger partial charge is 0.251 e. The highest BCUT2D eigenvalue weighted by Crippen LogP contribution is 2.11. The van der Waals surface area contributed by atoms with Crippen LogP contribution in [0.4, 0.5) is 0 Å². The van der Waals surface area contributed by atoms with E-state index in [1.807, 2.05) is 6.92 Å². The Labute approximate surface area is 143 Å². The SMILES string of the molecule is COCCNS(=O)(=O)c1cccc(C(=O)NCCC(C)N)c1.Cl. The Bertz CT molecular complexity index is 593. The first-order valence-corrected chi connectivity index (χ1v) is 8.47. The van der Waals surface area contributed by atoms with Crippen LogP contribution in [0.15, 0.2) is 29.2 Å². The van der Waals surface area contributed by atoms with Crippen LogP contribution >= 0.6 is 12.4 Å². The van der Waals surface area contributed by atoms with Gasteiger partial charge in [0, 0.05) is 31.8 Å². The fraction of sp³-hybridized carbons (Fsp3) is 0.500. The number of carbonyl (C=O) groups is 1. The topological polar surface area (TPSA) is 111 Å². The number of carbonyl (C=O) groups excluding carboxylic acids is 1. The average molecular weight is 366 g/mol. The zero-order chi connectivity index (χ0) is 16.6. The molecule has 0 saturated heterocycles. The number of methoxy groups -OCH3 is 1. The number of hydrogen-bond donors (Lipinski definition) is 3. The number of hydrogen-bond acceptors (Lipinski definition) is 5. The zero-order valence-electron chi connectivity index (χ0n) is 13.2. The van der Waals surface area contributed by atoms with E-state index < -0.39 is 10.0 Å². The molecule has 0 aliphatic rings. The Morgan fingerprint density at radius 3 is 2.65 bits per heavy atom. The van der Waals surface area contributed by atoms with Crippen molar-refractivity contribution in [1.29, 1.82) is 0 Å². The predicted octanol–water partition coefficient (Wildman–Crippen LogP) is 0.500. The molecule has 1 aromatic rings. The molecule has 23 heavy (non-hydrogen) atoms. The van der Waals surface area contributed by atoms with Crippen molar-refractivity contribution in [3.8, 4) is 0 Å². The summed E-state index contributed by atoms with van der Waals surface area (Å²) in [4.78, 5) is 12.0. The molecule has 0 bridgehead atoms. The van der Waals surface area contributed by atoms with Gasteiger partial charge in [-0.15, -0.1) is 12.4 Å². The quantitative estimate of drug-likeness (QED) is 0.552. The lowest BCUT2D eigenvalue weighted by atomic mass is 10.2. The standard InChI is InChI=1S/C14H23N3O4S.ClH/c1-11(15)6-7-16-14(18)12-4-3-5-13(10-12)22(19,20)17-8-9-21-2;/h3-5,10-11,17H,6-9,15H2,1-2H3,(H,16,18);1H. The molecule has 0 aliphatic carbocycles. The Hall–Kier alpha value is -1.19. The minimum Gasteiger partial charge on any atom is -0.383 e. The predicted molar refractivity (Wildman–Crippen MR) is 91.4 cm³/mol. The third-order valence-electron chi connectivity index (χ3n) is 2.89. The summed E-state index contributed by atoms with van der Waals surface area (Å²) in [6.07, 6.45) is 0.655. The van der Waals surface area contributed by atoms with E-state index in [-0.39, 0.29) is 42.4 Å². The van der Waals surface area contributed by atoms with Crippen LogP contribution in [0.2, 0.25) is 0 Å². The maximum Gasteiger partial charge on any atom is 0.251 e. The second kappa shape index (κ2) is 10.6. The van der Waals surface area contributed by atoms with Gasteiger partial charge in [0.15, 0.2) is 0 Å². The largest absolute Gasteiger partial charge is 0.383 e. The number of nitrogens with two attached hydrogens (primary N) is 1. The Morgan fingerprint density at radius 1 is 1.35 bits per heavy atom. The summed E-state index contributed by atoms with van der Waals surface area (Å²) in [7, 11) is -2.16. The van der Waals surface area contributed by atoms with E-state index in [4.69, 9.17) is 10.5 Å². The van der Waals surface area contributed by atoms with Crippen LogP contribution in [0.25, 0.3) is 0 Å². The van der Waals surface area contributed by atoms with E-state index in [9.17, 15) is 13.2 Å². The molecule has 1 atom stereocenters. The number of sulfonamides is 1. The summed E-state index contributed by atoms with van der Waals surface area (Å²) in [5, 5.41) is 2.71. The van der Waals surface area contributed by atoms with Crippen molar-refractivity contribution in [2.45, 2.75) is 24.3 Å². The molecule has 0 aliphatic heterocycles. The third-order valence-corrected chi connectivity index (χ3v) is 4.35. The van der Waals surface area contributed by atoms with Gasteiger partial charge in [0.05, 0.1) is 11.5 Å². The molecule has 0 aromatic heterocycles. The highest BCUT2D eigenvalue weighted by molar-refractivity contribution is 7.89. The lowest BCUT2D eigenvalue weighted by Gasteiger charge is -2.09. The van der Waals surface area contributed by atoms with Crippen LogP contribution in [0.3, 0.4) is 0 Å². The number of rotatable bonds is 9. The van der Waals surface area contributed by atoms with E-state index >= 15 is 0 Å². The van der Waals surface area contributed by atoms with Gasteiger partial charge < -0.3 is 15.8 Å². The van der Waals surface area contributed by atoms with Crippen LogP contribution in [-0.4, -0.2) is 47.2 Å². The van der Waals surface area contributed by atoms with Crippen molar-refractivity contribution < 1.29 is 17.9 Å². The molecular formula is C14H24ClN3O4S. The van der Waals surface area contributed by atoms with Crippen LogP contribution < -0.4 is 15.8 Å². The Morgan fingerprint density at radius 2 is 2.04 bits per heavy atom. The first-order valence-electron chi connectivity index (χ1n) is 6.99. The monoisotopic (exact) mass is 365 g/mol. The van der Waals surface area contributed by atoms with E-state index in [1.54, 1.807) is 6.07 Å². The molecule has 1 unspecified atom stereocenters. The Kier molecular flexibility index (Phi) is 10.0. The Balaban J connectivity index is 0.00000484. The highest BCUT2D eigenvalue weighted by Gasteiger charge is 2.15. The molecule has 0 fully saturated rings. The molecule has 1 rings (SSSR count). The van der Waals surface area contributed by atoms with Gasteiger partial charge in [0.25, 0.3) is 5.91 Å². The molecule has 1 amide bonds. The van der Waals surface area contributed by atoms with E-state index in [0.29, 0.717) is 18.5 Å². The van der Waals surface area contributed by atoms with Crippen molar-refractivity contribution >= 4 is 28.3 Å². The molecule has 0 saturated carbocycles. The van der Waals surface area contributed by atoms with Gasteiger partial charge in [-0.25, -0.2) is 13.1 Å². The van der Waals surface area contributed by atoms with Crippen LogP contribution in [0.5, 0.6) is 0 Å². The van der Waals surface area contributed by atoms with Crippen molar-refractivity contribution in [3.63, 3.8) is 0 Å². The van der Waals surface area contributed by atoms with Crippen molar-refractivity contribution in [3.05, 3.63) is 29.8 Å². The van der Waals surface area contributed by atoms with Crippen molar-refractivity contribution in [1.82, 2.24) is 10.0 Å². The summed E-state index contributed by atoms with van der Waals surface area (Å²) >= 11 is 0. The lowest BCUT2D eigenvalue weighted by molar-refractivity contribution is 0.0952. The van der Waals surface area contributed by atoms with E-state index in [2.05, 4.69) is 10.0 Å². The maximum atomic E-state index is 12.1. The van der Waals surface area contributed by atoms with Gasteiger partial charge in [-0.2, -0.15) is 0 Å². The normalized spacial score (nSPS) is 12.3. The first kappa shape index (κ1) is 21.8. The zero-order valence-corrected chi connectivity index (χ0v) is 14.9. The van der Waals surface area contributed by atoms with E-state index in [0.717, 1.165) is 0 Å². The highest BCUT2D eigenvalue weighted by atomic mass is 35.5. The molecule has 0 radical (unpaired) electrons. The summed E-state index contributed by atoms with van der Waals surface area (Å²) in [6.45, 7) is 2.74. The minimum absolute atomic E-state index is 0. The number of halogens is 1. The minimum atomic E-state index is -3.65. The molecule has 0 heterocycles. The molecule has 132 valence electrons.